The summed E-state index contributed by atoms with van der Waals surface area (Å²) in [5, 5.41) is 11.0. The minimum atomic E-state index is -0.353. The van der Waals surface area contributed by atoms with E-state index in [0.29, 0.717) is 30.0 Å². The number of hydrogen-bond acceptors (Lipinski definition) is 3. The number of hydrogen-bond donors (Lipinski definition) is 4. The molecule has 0 aliphatic carbocycles. The van der Waals surface area contributed by atoms with Gasteiger partial charge in [-0.25, -0.2) is 4.79 Å². The van der Waals surface area contributed by atoms with Crippen LogP contribution in [0.25, 0.3) is 0 Å². The maximum Gasteiger partial charge on any atom is 0.323 e. The molecule has 0 spiro atoms. The van der Waals surface area contributed by atoms with Gasteiger partial charge in [0.25, 0.3) is 0 Å². The van der Waals surface area contributed by atoms with E-state index in [1.165, 1.54) is 6.92 Å². The highest BCUT2D eigenvalue weighted by Crippen LogP contribution is 2.16. The Morgan fingerprint density at radius 1 is 0.750 bits per heavy atom. The largest absolute Gasteiger partial charge is 0.356 e. The number of rotatable bonds is 9. The van der Waals surface area contributed by atoms with Crippen LogP contribution in [-0.2, 0) is 9.59 Å². The Kier molecular flexibility index (Phi) is 8.52. The predicted molar refractivity (Wildman–Crippen MR) is 111 cm³/mol. The summed E-state index contributed by atoms with van der Waals surface area (Å²) < 4.78 is 0. The van der Waals surface area contributed by atoms with E-state index in [2.05, 4.69) is 21.3 Å². The molecule has 7 nitrogen and oxygen atoms in total. The van der Waals surface area contributed by atoms with Crippen molar-refractivity contribution < 1.29 is 14.4 Å². The monoisotopic (exact) mass is 382 g/mol. The van der Waals surface area contributed by atoms with Crippen molar-refractivity contribution in [3.63, 3.8) is 0 Å². The Balaban J connectivity index is 1.73. The molecule has 148 valence electrons. The third-order valence-electron chi connectivity index (χ3n) is 3.89. The van der Waals surface area contributed by atoms with Crippen molar-refractivity contribution in [1.29, 1.82) is 0 Å². The van der Waals surface area contributed by atoms with Crippen molar-refractivity contribution in [2.75, 3.05) is 22.5 Å². The zero-order valence-corrected chi connectivity index (χ0v) is 16.0. The Bertz CT molecular complexity index is 793. The van der Waals surface area contributed by atoms with Gasteiger partial charge in [0.15, 0.2) is 0 Å². The van der Waals surface area contributed by atoms with Crippen LogP contribution in [0.4, 0.5) is 21.9 Å². The SMILES string of the molecule is CC(=O)NCCCCCC(=O)Nc1cccc(NC(=O)Nc2ccccc2)c1. The third kappa shape index (κ3) is 8.35. The highest BCUT2D eigenvalue weighted by atomic mass is 16.2. The molecule has 0 saturated carbocycles. The van der Waals surface area contributed by atoms with E-state index >= 15 is 0 Å². The molecule has 0 aromatic heterocycles. The summed E-state index contributed by atoms with van der Waals surface area (Å²) in [6.45, 7) is 2.12. The van der Waals surface area contributed by atoms with Crippen LogP contribution in [0.15, 0.2) is 54.6 Å². The summed E-state index contributed by atoms with van der Waals surface area (Å²) >= 11 is 0. The Morgan fingerprint density at radius 3 is 2.11 bits per heavy atom. The van der Waals surface area contributed by atoms with Crippen LogP contribution >= 0.6 is 0 Å². The molecular formula is C21H26N4O3. The maximum absolute atomic E-state index is 12.0. The fraction of sp³-hybridized carbons (Fsp3) is 0.286. The standard InChI is InChI=1S/C21H26N4O3/c1-16(26)22-14-7-3-6-13-20(27)23-18-11-8-12-19(15-18)25-21(28)24-17-9-4-2-5-10-17/h2,4-5,8-12,15H,3,6-7,13-14H2,1H3,(H,22,26)(H,23,27)(H2,24,25,28). The molecule has 0 heterocycles. The lowest BCUT2D eigenvalue weighted by Crippen LogP contribution is -2.20. The number of urea groups is 1. The molecule has 7 heteroatoms. The second kappa shape index (κ2) is 11.4. The van der Waals surface area contributed by atoms with Gasteiger partial charge in [0.05, 0.1) is 0 Å². The van der Waals surface area contributed by atoms with Crippen LogP contribution in [-0.4, -0.2) is 24.4 Å². The number of unbranched alkanes of at least 4 members (excludes halogenated alkanes) is 2. The first kappa shape index (κ1) is 21.0. The van der Waals surface area contributed by atoms with Gasteiger partial charge >= 0.3 is 6.03 Å². The van der Waals surface area contributed by atoms with Crippen molar-refractivity contribution in [2.45, 2.75) is 32.6 Å². The Hall–Kier alpha value is -3.35. The number of amides is 4. The number of nitrogens with one attached hydrogen (secondary N) is 4. The molecule has 0 saturated heterocycles. The molecule has 0 aliphatic heterocycles. The lowest BCUT2D eigenvalue weighted by Gasteiger charge is -2.10. The van der Waals surface area contributed by atoms with E-state index in [1.54, 1.807) is 36.4 Å². The summed E-state index contributed by atoms with van der Waals surface area (Å²) in [6, 6.07) is 15.8. The minimum Gasteiger partial charge on any atom is -0.356 e. The zero-order valence-electron chi connectivity index (χ0n) is 16.0. The lowest BCUT2D eigenvalue weighted by molar-refractivity contribution is -0.119. The number of carbonyl (C=O) groups excluding carboxylic acids is 3. The van der Waals surface area contributed by atoms with E-state index < -0.39 is 0 Å². The van der Waals surface area contributed by atoms with Crippen molar-refractivity contribution in [1.82, 2.24) is 5.32 Å². The topological polar surface area (TPSA) is 99.3 Å². The molecule has 28 heavy (non-hydrogen) atoms. The molecule has 2 aromatic rings. The van der Waals surface area contributed by atoms with E-state index in [9.17, 15) is 14.4 Å². The first-order valence-electron chi connectivity index (χ1n) is 9.30. The van der Waals surface area contributed by atoms with Gasteiger partial charge in [-0.2, -0.15) is 0 Å². The summed E-state index contributed by atoms with van der Waals surface area (Å²) in [6.07, 6.45) is 2.88. The number of anilines is 3. The first-order chi connectivity index (χ1) is 13.5. The van der Waals surface area contributed by atoms with Crippen LogP contribution in [0.2, 0.25) is 0 Å². The molecule has 0 bridgehead atoms. The summed E-state index contributed by atoms with van der Waals surface area (Å²) in [5.74, 6) is -0.117. The van der Waals surface area contributed by atoms with Crippen LogP contribution < -0.4 is 21.3 Å². The maximum atomic E-state index is 12.0. The second-order valence-electron chi connectivity index (χ2n) is 6.37. The molecule has 0 radical (unpaired) electrons. The number of benzene rings is 2. The van der Waals surface area contributed by atoms with Crippen molar-refractivity contribution in [2.24, 2.45) is 0 Å². The van der Waals surface area contributed by atoms with Crippen molar-refractivity contribution >= 4 is 34.9 Å². The van der Waals surface area contributed by atoms with E-state index in [1.807, 2.05) is 18.2 Å². The first-order valence-corrected chi connectivity index (χ1v) is 9.30. The summed E-state index contributed by atoms with van der Waals surface area (Å²) in [5.41, 5.74) is 1.91. The Labute approximate surface area is 164 Å². The van der Waals surface area contributed by atoms with E-state index in [0.717, 1.165) is 19.3 Å². The van der Waals surface area contributed by atoms with Gasteiger partial charge < -0.3 is 21.3 Å². The smallest absolute Gasteiger partial charge is 0.323 e. The predicted octanol–water partition coefficient (Wildman–Crippen LogP) is 3.97. The zero-order chi connectivity index (χ0) is 20.2. The molecule has 4 amide bonds. The van der Waals surface area contributed by atoms with Gasteiger partial charge in [0, 0.05) is 37.0 Å². The summed E-state index contributed by atoms with van der Waals surface area (Å²) in [4.78, 5) is 34.9. The number of para-hydroxylation sites is 1. The highest BCUT2D eigenvalue weighted by Gasteiger charge is 2.06. The molecule has 4 N–H and O–H groups in total. The average molecular weight is 382 g/mol. The highest BCUT2D eigenvalue weighted by molar-refractivity contribution is 6.00. The van der Waals surface area contributed by atoms with Crippen LogP contribution in [0, 0.1) is 0 Å². The summed E-state index contributed by atoms with van der Waals surface area (Å²) in [7, 11) is 0. The molecule has 0 unspecified atom stereocenters. The fourth-order valence-corrected chi connectivity index (χ4v) is 2.56. The van der Waals surface area contributed by atoms with Gasteiger partial charge in [0.1, 0.15) is 0 Å². The van der Waals surface area contributed by atoms with Gasteiger partial charge in [0.2, 0.25) is 11.8 Å². The van der Waals surface area contributed by atoms with Crippen molar-refractivity contribution in [3.05, 3.63) is 54.6 Å². The Morgan fingerprint density at radius 2 is 1.39 bits per heavy atom. The molecule has 2 aromatic carbocycles. The fourth-order valence-electron chi connectivity index (χ4n) is 2.56. The molecule has 0 aliphatic rings. The third-order valence-corrected chi connectivity index (χ3v) is 3.89. The van der Waals surface area contributed by atoms with Gasteiger partial charge in [-0.3, -0.25) is 9.59 Å². The molecular weight excluding hydrogens is 356 g/mol. The van der Waals surface area contributed by atoms with Crippen molar-refractivity contribution in [3.8, 4) is 0 Å². The quantitative estimate of drug-likeness (QED) is 0.494. The van der Waals surface area contributed by atoms with Crippen LogP contribution in [0.3, 0.4) is 0 Å². The van der Waals surface area contributed by atoms with Gasteiger partial charge in [-0.05, 0) is 43.2 Å². The normalized spacial score (nSPS) is 10.0. The van der Waals surface area contributed by atoms with Gasteiger partial charge in [-0.15, -0.1) is 0 Å². The molecule has 2 rings (SSSR count). The van der Waals surface area contributed by atoms with Crippen LogP contribution in [0.5, 0.6) is 0 Å². The molecule has 0 atom stereocenters. The number of carbonyl (C=O) groups is 3. The van der Waals surface area contributed by atoms with Crippen LogP contribution in [0.1, 0.15) is 32.6 Å². The minimum absolute atomic E-state index is 0.0383. The lowest BCUT2D eigenvalue weighted by atomic mass is 10.2. The molecule has 0 fully saturated rings. The van der Waals surface area contributed by atoms with E-state index in [4.69, 9.17) is 0 Å². The van der Waals surface area contributed by atoms with E-state index in [-0.39, 0.29) is 17.8 Å². The average Bonchev–Trinajstić information content (AvgIpc) is 2.65. The second-order valence-corrected chi connectivity index (χ2v) is 6.37. The van der Waals surface area contributed by atoms with Gasteiger partial charge in [-0.1, -0.05) is 30.7 Å².